The van der Waals surface area contributed by atoms with E-state index in [-0.39, 0.29) is 17.2 Å². The molecule has 1 saturated carbocycles. The Labute approximate surface area is 116 Å². The Kier molecular flexibility index (Phi) is 5.83. The second-order valence-corrected chi connectivity index (χ2v) is 6.79. The van der Waals surface area contributed by atoms with E-state index in [0.717, 1.165) is 18.8 Å². The highest BCUT2D eigenvalue weighted by Crippen LogP contribution is 2.24. The van der Waals surface area contributed by atoms with Crippen LogP contribution in [0.25, 0.3) is 0 Å². The molecular weight excluding hydrogens is 240 g/mol. The van der Waals surface area contributed by atoms with Crippen LogP contribution in [0.4, 0.5) is 0 Å². The minimum atomic E-state index is -0.359. The zero-order valence-electron chi connectivity index (χ0n) is 12.7. The first-order valence-corrected chi connectivity index (χ1v) is 7.36. The van der Waals surface area contributed by atoms with Crippen molar-refractivity contribution in [3.8, 4) is 0 Å². The van der Waals surface area contributed by atoms with Crippen molar-refractivity contribution in [2.24, 2.45) is 11.3 Å². The van der Waals surface area contributed by atoms with Crippen LogP contribution in [0.5, 0.6) is 0 Å². The number of nitrogens with one attached hydrogen (secondary N) is 2. The number of hydrogen-bond acceptors (Lipinski definition) is 2. The topological polar surface area (TPSA) is 58.2 Å². The van der Waals surface area contributed by atoms with Gasteiger partial charge < -0.3 is 10.6 Å². The minimum absolute atomic E-state index is 0.0394. The van der Waals surface area contributed by atoms with Gasteiger partial charge in [-0.25, -0.2) is 0 Å². The highest BCUT2D eigenvalue weighted by atomic mass is 16.2. The summed E-state index contributed by atoms with van der Waals surface area (Å²) in [6, 6.07) is 0.367. The lowest BCUT2D eigenvalue weighted by atomic mass is 9.96. The van der Waals surface area contributed by atoms with Crippen LogP contribution in [-0.2, 0) is 9.59 Å². The predicted molar refractivity (Wildman–Crippen MR) is 76.6 cm³/mol. The zero-order chi connectivity index (χ0) is 14.5. The van der Waals surface area contributed by atoms with Gasteiger partial charge >= 0.3 is 0 Å². The van der Waals surface area contributed by atoms with E-state index in [9.17, 15) is 9.59 Å². The van der Waals surface area contributed by atoms with Gasteiger partial charge in [-0.3, -0.25) is 9.59 Å². The molecule has 0 spiro atoms. The van der Waals surface area contributed by atoms with E-state index < -0.39 is 0 Å². The Morgan fingerprint density at radius 1 is 1.21 bits per heavy atom. The minimum Gasteiger partial charge on any atom is -0.356 e. The molecule has 1 aliphatic rings. The third-order valence-corrected chi connectivity index (χ3v) is 3.61. The molecule has 0 heterocycles. The fourth-order valence-electron chi connectivity index (χ4n) is 2.35. The van der Waals surface area contributed by atoms with Crippen LogP contribution >= 0.6 is 0 Å². The average molecular weight is 268 g/mol. The van der Waals surface area contributed by atoms with Crippen LogP contribution in [-0.4, -0.2) is 24.4 Å². The smallest absolute Gasteiger partial charge is 0.225 e. The van der Waals surface area contributed by atoms with Crippen molar-refractivity contribution >= 4 is 11.8 Å². The molecule has 4 nitrogen and oxygen atoms in total. The molecule has 0 aromatic carbocycles. The first-order chi connectivity index (χ1) is 8.79. The van der Waals surface area contributed by atoms with Crippen molar-refractivity contribution in [1.82, 2.24) is 10.6 Å². The molecule has 0 aromatic rings. The molecule has 2 atom stereocenters. The molecule has 1 fully saturated rings. The number of hydrogen-bond donors (Lipinski definition) is 2. The molecular formula is C15H28N2O2. The van der Waals surface area contributed by atoms with Gasteiger partial charge in [-0.05, 0) is 31.6 Å². The Bertz CT molecular complexity index is 321. The summed E-state index contributed by atoms with van der Waals surface area (Å²) in [7, 11) is 0. The molecule has 2 N–H and O–H groups in total. The molecule has 2 unspecified atom stereocenters. The third-order valence-electron chi connectivity index (χ3n) is 3.61. The van der Waals surface area contributed by atoms with Gasteiger partial charge in [0, 0.05) is 24.4 Å². The summed E-state index contributed by atoms with van der Waals surface area (Å²) in [5.74, 6) is 0.887. The van der Waals surface area contributed by atoms with Crippen LogP contribution in [0, 0.1) is 11.3 Å². The van der Waals surface area contributed by atoms with Gasteiger partial charge in [-0.2, -0.15) is 0 Å². The van der Waals surface area contributed by atoms with Gasteiger partial charge in [0.05, 0.1) is 0 Å². The molecule has 2 amide bonds. The van der Waals surface area contributed by atoms with Gasteiger partial charge in [0.15, 0.2) is 0 Å². The molecule has 0 radical (unpaired) electrons. The van der Waals surface area contributed by atoms with Crippen molar-refractivity contribution in [2.75, 3.05) is 6.54 Å². The lowest BCUT2D eigenvalue weighted by Crippen LogP contribution is -2.36. The molecule has 1 rings (SSSR count). The first kappa shape index (κ1) is 16.0. The maximum Gasteiger partial charge on any atom is 0.225 e. The maximum atomic E-state index is 11.7. The molecule has 110 valence electrons. The lowest BCUT2D eigenvalue weighted by molar-refractivity contribution is -0.128. The number of amides is 2. The Morgan fingerprint density at radius 3 is 2.42 bits per heavy atom. The highest BCUT2D eigenvalue weighted by molar-refractivity contribution is 5.81. The average Bonchev–Trinajstić information content (AvgIpc) is 2.68. The molecule has 19 heavy (non-hydrogen) atoms. The Balaban J connectivity index is 2.09. The van der Waals surface area contributed by atoms with E-state index in [4.69, 9.17) is 0 Å². The van der Waals surface area contributed by atoms with Crippen LogP contribution in [0.2, 0.25) is 0 Å². The summed E-state index contributed by atoms with van der Waals surface area (Å²) in [5.41, 5.74) is -0.359. The SMILES string of the molecule is CC1CCC(NC(=O)CCCNC(=O)C(C)(C)C)C1. The van der Waals surface area contributed by atoms with Crippen molar-refractivity contribution in [3.05, 3.63) is 0 Å². The normalized spacial score (nSPS) is 23.2. The maximum absolute atomic E-state index is 11.7. The van der Waals surface area contributed by atoms with Crippen molar-refractivity contribution < 1.29 is 9.59 Å². The summed E-state index contributed by atoms with van der Waals surface area (Å²) < 4.78 is 0. The zero-order valence-corrected chi connectivity index (χ0v) is 12.7. The van der Waals surface area contributed by atoms with E-state index >= 15 is 0 Å². The fourth-order valence-corrected chi connectivity index (χ4v) is 2.35. The van der Waals surface area contributed by atoms with Crippen LogP contribution in [0.3, 0.4) is 0 Å². The molecule has 0 aromatic heterocycles. The van der Waals surface area contributed by atoms with Crippen molar-refractivity contribution in [1.29, 1.82) is 0 Å². The van der Waals surface area contributed by atoms with E-state index in [2.05, 4.69) is 17.6 Å². The van der Waals surface area contributed by atoms with Crippen molar-refractivity contribution in [2.45, 2.75) is 65.8 Å². The third kappa shape index (κ3) is 6.08. The second-order valence-electron chi connectivity index (χ2n) is 6.79. The molecule has 0 aliphatic heterocycles. The summed E-state index contributed by atoms with van der Waals surface area (Å²) in [5, 5.41) is 5.94. The summed E-state index contributed by atoms with van der Waals surface area (Å²) in [6.07, 6.45) is 4.62. The van der Waals surface area contributed by atoms with Gasteiger partial charge in [-0.15, -0.1) is 0 Å². The van der Waals surface area contributed by atoms with Crippen LogP contribution < -0.4 is 10.6 Å². The highest BCUT2D eigenvalue weighted by Gasteiger charge is 2.23. The molecule has 0 bridgehead atoms. The summed E-state index contributed by atoms with van der Waals surface area (Å²) in [4.78, 5) is 23.3. The Hall–Kier alpha value is -1.06. The number of carbonyl (C=O) groups excluding carboxylic acids is 2. The fraction of sp³-hybridized carbons (Fsp3) is 0.867. The van der Waals surface area contributed by atoms with E-state index in [0.29, 0.717) is 25.4 Å². The summed E-state index contributed by atoms with van der Waals surface area (Å²) >= 11 is 0. The van der Waals surface area contributed by atoms with E-state index in [1.165, 1.54) is 6.42 Å². The molecule has 1 aliphatic carbocycles. The lowest BCUT2D eigenvalue weighted by Gasteiger charge is -2.17. The van der Waals surface area contributed by atoms with Crippen LogP contribution in [0.1, 0.15) is 59.8 Å². The Morgan fingerprint density at radius 2 is 1.89 bits per heavy atom. The second kappa shape index (κ2) is 6.92. The molecule has 4 heteroatoms. The predicted octanol–water partition coefficient (Wildman–Crippen LogP) is 2.23. The van der Waals surface area contributed by atoms with E-state index in [1.807, 2.05) is 20.8 Å². The first-order valence-electron chi connectivity index (χ1n) is 7.36. The quantitative estimate of drug-likeness (QED) is 0.751. The monoisotopic (exact) mass is 268 g/mol. The van der Waals surface area contributed by atoms with Gasteiger partial charge in [0.2, 0.25) is 11.8 Å². The van der Waals surface area contributed by atoms with Crippen molar-refractivity contribution in [3.63, 3.8) is 0 Å². The van der Waals surface area contributed by atoms with Gasteiger partial charge in [0.25, 0.3) is 0 Å². The van der Waals surface area contributed by atoms with Gasteiger partial charge in [0.1, 0.15) is 0 Å². The molecule has 0 saturated heterocycles. The summed E-state index contributed by atoms with van der Waals surface area (Å²) in [6.45, 7) is 8.46. The largest absolute Gasteiger partial charge is 0.356 e. The van der Waals surface area contributed by atoms with Gasteiger partial charge in [-0.1, -0.05) is 27.7 Å². The standard InChI is InChI=1S/C15H28N2O2/c1-11-7-8-12(10-11)17-13(18)6-5-9-16-14(19)15(2,3)4/h11-12H,5-10H2,1-4H3,(H,16,19)(H,17,18). The van der Waals surface area contributed by atoms with Crippen LogP contribution in [0.15, 0.2) is 0 Å². The van der Waals surface area contributed by atoms with E-state index in [1.54, 1.807) is 0 Å². The number of carbonyl (C=O) groups is 2. The number of rotatable bonds is 5.